The van der Waals surface area contributed by atoms with Crippen molar-refractivity contribution in [2.75, 3.05) is 72.3 Å². The molecule has 5 heterocycles. The number of rotatable bonds is 17. The smallest absolute Gasteiger partial charge is 0.409 e. The average Bonchev–Trinajstić information content (AvgIpc) is 3.47. The van der Waals surface area contributed by atoms with Crippen LogP contribution < -0.4 is 20.3 Å². The van der Waals surface area contributed by atoms with Gasteiger partial charge in [0.2, 0.25) is 11.8 Å². The quantitative estimate of drug-likeness (QED) is 0.0650. The highest BCUT2D eigenvalue weighted by molar-refractivity contribution is 8.00. The summed E-state index contributed by atoms with van der Waals surface area (Å²) in [7, 11) is 4.56. The maximum atomic E-state index is 14.3. The summed E-state index contributed by atoms with van der Waals surface area (Å²) in [6.07, 6.45) is 12.8. The number of methoxy groups -OCH3 is 1. The highest BCUT2D eigenvalue weighted by Gasteiger charge is 2.64. The van der Waals surface area contributed by atoms with Gasteiger partial charge in [0.1, 0.15) is 40.3 Å². The van der Waals surface area contributed by atoms with Crippen molar-refractivity contribution in [3.8, 4) is 5.75 Å². The predicted molar refractivity (Wildman–Crippen MR) is 321 cm³/mol. The van der Waals surface area contributed by atoms with Crippen LogP contribution in [0.4, 0.5) is 10.5 Å². The van der Waals surface area contributed by atoms with E-state index in [2.05, 4.69) is 10.6 Å². The Morgan fingerprint density at radius 1 is 0.952 bits per heavy atom. The largest absolute Gasteiger partial charge is 0.495 e. The fraction of sp³-hybridized carbons (Fsp3) is 0.623. The number of benzene rings is 2. The number of anilines is 1. The molecule has 9 atom stereocenters. The molecular formula is C61H83ClN6O13S2. The monoisotopic (exact) mass is 1210 g/mol. The number of carbonyl (C=O) groups excluding carboxylic acids is 5. The number of epoxide rings is 1. The summed E-state index contributed by atoms with van der Waals surface area (Å²) in [5.74, 6) is -0.219. The highest BCUT2D eigenvalue weighted by atomic mass is 35.5. The van der Waals surface area contributed by atoms with Crippen LogP contribution in [0.1, 0.15) is 132 Å². The van der Waals surface area contributed by atoms with E-state index in [0.29, 0.717) is 60.3 Å². The molecule has 5 aliphatic rings. The van der Waals surface area contributed by atoms with Crippen LogP contribution in [0.5, 0.6) is 5.75 Å². The molecule has 3 N–H and O–H groups in total. The Balaban J connectivity index is 0.762. The first-order valence-corrected chi connectivity index (χ1v) is 31.7. The third-order valence-corrected chi connectivity index (χ3v) is 19.5. The first-order chi connectivity index (χ1) is 39.8. The van der Waals surface area contributed by atoms with Crippen molar-refractivity contribution >= 4 is 81.6 Å². The molecule has 6 bridgehead atoms. The molecule has 454 valence electrons. The Hall–Kier alpha value is -5.00. The van der Waals surface area contributed by atoms with Crippen LogP contribution >= 0.6 is 35.1 Å². The lowest BCUT2D eigenvalue weighted by atomic mass is 9.84. The van der Waals surface area contributed by atoms with Gasteiger partial charge in [-0.2, -0.15) is 23.5 Å². The number of amides is 4. The summed E-state index contributed by atoms with van der Waals surface area (Å²) in [4.78, 5) is 80.5. The number of nitrogens with one attached hydrogen (secondary N) is 2. The average molecular weight is 1210 g/mol. The van der Waals surface area contributed by atoms with Crippen LogP contribution in [0.25, 0.3) is 11.0 Å². The topological polar surface area (TPSA) is 230 Å². The van der Waals surface area contributed by atoms with E-state index in [-0.39, 0.29) is 62.3 Å². The fourth-order valence-corrected chi connectivity index (χ4v) is 14.3. The summed E-state index contributed by atoms with van der Waals surface area (Å²) in [5, 5.41) is 18.5. The third-order valence-electron chi connectivity index (χ3n) is 16.5. The summed E-state index contributed by atoms with van der Waals surface area (Å²) in [5.41, 5.74) is 3.48. The van der Waals surface area contributed by atoms with Gasteiger partial charge < -0.3 is 53.4 Å². The number of ether oxygens (including phenoxy) is 7. The molecule has 1 aliphatic carbocycles. The Morgan fingerprint density at radius 2 is 1.61 bits per heavy atom. The summed E-state index contributed by atoms with van der Waals surface area (Å²) >= 11 is 10.9. The van der Waals surface area contributed by atoms with Gasteiger partial charge in [0, 0.05) is 67.0 Å². The summed E-state index contributed by atoms with van der Waals surface area (Å²) in [6.45, 7) is 8.80. The number of aliphatic hydroxyl groups is 1. The van der Waals surface area contributed by atoms with Crippen molar-refractivity contribution in [2.45, 2.75) is 169 Å². The first kappa shape index (κ1) is 64.0. The van der Waals surface area contributed by atoms with Crippen molar-refractivity contribution in [1.82, 2.24) is 25.5 Å². The number of aromatic nitrogens is 2. The maximum Gasteiger partial charge on any atom is 0.409 e. The molecule has 4 unspecified atom stereocenters. The van der Waals surface area contributed by atoms with Crippen molar-refractivity contribution in [3.63, 3.8) is 0 Å². The zero-order valence-corrected chi connectivity index (χ0v) is 51.4. The van der Waals surface area contributed by atoms with Crippen molar-refractivity contribution in [1.29, 1.82) is 0 Å². The van der Waals surface area contributed by atoms with Crippen LogP contribution in [0.2, 0.25) is 5.02 Å². The van der Waals surface area contributed by atoms with Crippen LogP contribution in [-0.2, 0) is 60.7 Å². The number of likely N-dealkylation sites (N-methyl/N-ethyl adjacent to an activating group) is 1. The van der Waals surface area contributed by atoms with Gasteiger partial charge in [-0.3, -0.25) is 19.7 Å². The lowest BCUT2D eigenvalue weighted by molar-refractivity contribution is -0.162. The molecule has 4 aliphatic heterocycles. The van der Waals surface area contributed by atoms with E-state index < -0.39 is 59.6 Å². The fourth-order valence-electron chi connectivity index (χ4n) is 11.2. The minimum Gasteiger partial charge on any atom is -0.495 e. The standard InChI is InChI=1S/C61H83ClN6O13S2/c1-38-15-13-14-21-61(74)35-51(79-59(73)66-61)39(2)56-60(4,81-56)52(34-54(70)68(6)49-30-41(29-38)31-50(75-7)55(49)62)80-58(72)40(3)67(5)53(69)20-23-76-25-27-78-28-26-77-24-22-63-57(71)42-18-19-45-46(32-42)65-48-37-83-44-17-12-10-8-9-11-16-43(33-44)82-36-47(48)64-45/h13-15,18-19,30-32,39-40,43-44,51-52,56,74H,8-12,16-17,20-29,33-37H2,1-7H3,(H,63,71)(H,66,73)/b14-13+,38-15+/t39-,40-,43?,44?,51?,52+,56?,60+,61-/m1/s1. The number of hydrogen-bond acceptors (Lipinski definition) is 17. The Labute approximate surface area is 501 Å². The molecule has 1 aromatic heterocycles. The van der Waals surface area contributed by atoms with Gasteiger partial charge in [0.05, 0.1) is 93.8 Å². The van der Waals surface area contributed by atoms with Gasteiger partial charge in [-0.1, -0.05) is 74.4 Å². The number of allylic oxidation sites excluding steroid dienone is 3. The molecule has 0 radical (unpaired) electrons. The molecule has 3 aromatic rings. The second-order valence-corrected chi connectivity index (χ2v) is 25.7. The van der Waals surface area contributed by atoms with E-state index in [1.807, 2.05) is 61.7 Å². The third kappa shape index (κ3) is 17.3. The van der Waals surface area contributed by atoms with Gasteiger partial charge in [0.25, 0.3) is 5.91 Å². The molecule has 3 fully saturated rings. The van der Waals surface area contributed by atoms with Crippen LogP contribution in [0.3, 0.4) is 0 Å². The minimum absolute atomic E-state index is 0.0283. The van der Waals surface area contributed by atoms with Gasteiger partial charge in [0.15, 0.2) is 0 Å². The Kier molecular flexibility index (Phi) is 23.0. The number of hydrogen-bond donors (Lipinski definition) is 3. The molecule has 1 saturated carbocycles. The molecule has 2 saturated heterocycles. The minimum atomic E-state index is -1.61. The van der Waals surface area contributed by atoms with Crippen molar-refractivity contribution in [3.05, 3.63) is 81.7 Å². The van der Waals surface area contributed by atoms with Crippen LogP contribution in [0.15, 0.2) is 54.1 Å². The number of carbonyl (C=O) groups is 5. The summed E-state index contributed by atoms with van der Waals surface area (Å²) < 4.78 is 40.8. The molecule has 8 rings (SSSR count). The van der Waals surface area contributed by atoms with E-state index >= 15 is 0 Å². The lowest BCUT2D eigenvalue weighted by Crippen LogP contribution is -2.57. The normalized spacial score (nSPS) is 27.5. The number of fused-ring (bicyclic) bond motifs is 9. The van der Waals surface area contributed by atoms with Gasteiger partial charge in [-0.05, 0) is 82.3 Å². The zero-order valence-electron chi connectivity index (χ0n) is 49.0. The lowest BCUT2D eigenvalue weighted by Gasteiger charge is -2.39. The van der Waals surface area contributed by atoms with Gasteiger partial charge >= 0.3 is 12.1 Å². The Bertz CT molecular complexity index is 2850. The SMILES string of the molecule is COc1cc2cc(c1Cl)N(C)C(=O)C[C@H](OC(=O)[C@@H](C)N(C)C(=O)CCOCCOCCOCCNC(=O)c1ccc3nc4c(nc3c1)CSC1CCCCCCCC(C1)SC4)[C@]1(C)OC1[C@H](C)C1C[C@](O)(C/C=C/C=C(\C)C2)NC(=O)O1. The molecule has 22 heteroatoms. The molecule has 83 heavy (non-hydrogen) atoms. The van der Waals surface area contributed by atoms with Crippen molar-refractivity contribution < 1.29 is 62.2 Å². The van der Waals surface area contributed by atoms with Gasteiger partial charge in [-0.25, -0.2) is 19.6 Å². The second kappa shape index (κ2) is 29.9. The molecule has 2 aromatic carbocycles. The number of nitrogens with zero attached hydrogens (tertiary/aromatic N) is 4. The van der Waals surface area contributed by atoms with Crippen LogP contribution in [0, 0.1) is 5.92 Å². The van der Waals surface area contributed by atoms with Crippen LogP contribution in [-0.4, -0.2) is 163 Å². The molecule has 0 spiro atoms. The number of thioether (sulfide) groups is 2. The molecule has 4 amide bonds. The highest BCUT2D eigenvalue weighted by Crippen LogP contribution is 2.49. The number of halogens is 1. The van der Waals surface area contributed by atoms with E-state index in [9.17, 15) is 29.1 Å². The van der Waals surface area contributed by atoms with E-state index in [0.717, 1.165) is 45.1 Å². The Morgan fingerprint density at radius 3 is 2.31 bits per heavy atom. The summed E-state index contributed by atoms with van der Waals surface area (Å²) in [6, 6.07) is 8.06. The zero-order chi connectivity index (χ0) is 59.3. The first-order valence-electron chi connectivity index (χ1n) is 29.2. The second-order valence-electron chi connectivity index (χ2n) is 22.7. The van der Waals surface area contributed by atoms with Gasteiger partial charge in [-0.15, -0.1) is 0 Å². The van der Waals surface area contributed by atoms with E-state index in [1.165, 1.54) is 82.2 Å². The van der Waals surface area contributed by atoms with E-state index in [4.69, 9.17) is 54.7 Å². The maximum absolute atomic E-state index is 14.3. The van der Waals surface area contributed by atoms with Crippen molar-refractivity contribution in [2.24, 2.45) is 5.92 Å². The predicted octanol–water partition coefficient (Wildman–Crippen LogP) is 9.05. The number of esters is 1. The molecular weight excluding hydrogens is 1120 g/mol. The van der Waals surface area contributed by atoms with E-state index in [1.54, 1.807) is 38.2 Å². The molecule has 19 nitrogen and oxygen atoms in total. The number of alkyl carbamates (subject to hydrolysis) is 1.